The fraction of sp³-hybridized carbons (Fsp3) is 0.100. The number of fused-ring (bicyclic) bond motifs is 3. The van der Waals surface area contributed by atoms with Crippen molar-refractivity contribution < 1.29 is 0 Å². The molecule has 42 heavy (non-hydrogen) atoms. The first-order chi connectivity index (χ1) is 20.6. The van der Waals surface area contributed by atoms with E-state index >= 15 is 0 Å². The van der Waals surface area contributed by atoms with Crippen molar-refractivity contribution in [1.82, 2.24) is 4.57 Å². The minimum atomic E-state index is 0.501. The van der Waals surface area contributed by atoms with Crippen LogP contribution in [-0.4, -0.2) is 4.57 Å². The van der Waals surface area contributed by atoms with Gasteiger partial charge in [-0.2, -0.15) is 0 Å². The molecule has 0 aliphatic heterocycles. The fourth-order valence-corrected chi connectivity index (χ4v) is 6.22. The molecule has 0 radical (unpaired) electrons. The van der Waals surface area contributed by atoms with E-state index in [-0.39, 0.29) is 0 Å². The molecule has 2 heteroatoms. The van der Waals surface area contributed by atoms with Gasteiger partial charge in [-0.05, 0) is 95.8 Å². The summed E-state index contributed by atoms with van der Waals surface area (Å²) < 4.78 is 2.38. The van der Waals surface area contributed by atoms with Crippen LogP contribution >= 0.6 is 0 Å². The van der Waals surface area contributed by atoms with E-state index < -0.39 is 0 Å². The molecule has 0 fully saturated rings. The Balaban J connectivity index is 1.39. The highest BCUT2D eigenvalue weighted by atomic mass is 15.1. The van der Waals surface area contributed by atoms with Gasteiger partial charge in [-0.25, -0.2) is 0 Å². The summed E-state index contributed by atoms with van der Waals surface area (Å²) in [7, 11) is 0. The smallest absolute Gasteiger partial charge is 0.0547 e. The van der Waals surface area contributed by atoms with E-state index in [2.05, 4.69) is 176 Å². The molecule has 7 rings (SSSR count). The Morgan fingerprint density at radius 2 is 1.14 bits per heavy atom. The van der Waals surface area contributed by atoms with Gasteiger partial charge in [-0.15, -0.1) is 0 Å². The zero-order chi connectivity index (χ0) is 28.6. The Kier molecular flexibility index (Phi) is 6.60. The number of hydrogen-bond acceptors (Lipinski definition) is 1. The number of rotatable bonds is 6. The summed E-state index contributed by atoms with van der Waals surface area (Å²) in [6.45, 7) is 6.72. The third-order valence-corrected chi connectivity index (χ3v) is 8.30. The first-order valence-corrected chi connectivity index (χ1v) is 14.7. The summed E-state index contributed by atoms with van der Waals surface area (Å²) in [5.41, 5.74) is 12.2. The zero-order valence-electron chi connectivity index (χ0n) is 24.3. The summed E-state index contributed by atoms with van der Waals surface area (Å²) >= 11 is 0. The second kappa shape index (κ2) is 10.7. The van der Waals surface area contributed by atoms with Crippen LogP contribution in [0.3, 0.4) is 0 Å². The van der Waals surface area contributed by atoms with Crippen LogP contribution in [0.4, 0.5) is 17.1 Å². The van der Waals surface area contributed by atoms with E-state index in [4.69, 9.17) is 0 Å². The van der Waals surface area contributed by atoms with Crippen LogP contribution in [0.1, 0.15) is 30.9 Å². The van der Waals surface area contributed by atoms with Crippen molar-refractivity contribution in [3.63, 3.8) is 0 Å². The van der Waals surface area contributed by atoms with Crippen LogP contribution in [0.2, 0.25) is 0 Å². The molecule has 0 aliphatic rings. The Hall–Kier alpha value is -5.08. The van der Waals surface area contributed by atoms with Crippen molar-refractivity contribution in [2.24, 2.45) is 0 Å². The Morgan fingerprint density at radius 3 is 1.86 bits per heavy atom. The molecular weight excluding hydrogens is 508 g/mol. The van der Waals surface area contributed by atoms with Crippen molar-refractivity contribution in [2.75, 3.05) is 4.90 Å². The van der Waals surface area contributed by atoms with E-state index in [1.54, 1.807) is 0 Å². The average molecular weight is 543 g/mol. The number of para-hydroxylation sites is 3. The van der Waals surface area contributed by atoms with Gasteiger partial charge < -0.3 is 9.47 Å². The van der Waals surface area contributed by atoms with E-state index in [9.17, 15) is 0 Å². The largest absolute Gasteiger partial charge is 0.310 e. The van der Waals surface area contributed by atoms with Crippen molar-refractivity contribution in [1.29, 1.82) is 0 Å². The molecule has 6 aromatic carbocycles. The molecule has 2 nitrogen and oxygen atoms in total. The normalized spacial score (nSPS) is 11.4. The van der Waals surface area contributed by atoms with Gasteiger partial charge in [0.2, 0.25) is 0 Å². The third kappa shape index (κ3) is 4.46. The van der Waals surface area contributed by atoms with E-state index in [1.807, 2.05) is 0 Å². The van der Waals surface area contributed by atoms with Gasteiger partial charge in [0, 0.05) is 33.5 Å². The van der Waals surface area contributed by atoms with Gasteiger partial charge in [0.05, 0.1) is 11.0 Å². The predicted molar refractivity (Wildman–Crippen MR) is 180 cm³/mol. The lowest BCUT2D eigenvalue weighted by molar-refractivity contribution is 0.866. The summed E-state index contributed by atoms with van der Waals surface area (Å²) in [6.07, 6.45) is 0. The molecule has 0 atom stereocenters. The molecule has 204 valence electrons. The molecule has 0 saturated carbocycles. The lowest BCUT2D eigenvalue weighted by atomic mass is 9.95. The highest BCUT2D eigenvalue weighted by Crippen LogP contribution is 2.42. The Labute approximate surface area is 248 Å². The molecule has 0 amide bonds. The Morgan fingerprint density at radius 1 is 0.524 bits per heavy atom. The molecule has 0 unspecified atom stereocenters. The maximum atomic E-state index is 2.38. The monoisotopic (exact) mass is 542 g/mol. The summed E-state index contributed by atoms with van der Waals surface area (Å²) in [5.74, 6) is 0.501. The molecule has 1 aromatic heterocycles. The van der Waals surface area contributed by atoms with Crippen molar-refractivity contribution in [3.05, 3.63) is 157 Å². The molecule has 7 aromatic rings. The minimum absolute atomic E-state index is 0.501. The Bertz CT molecular complexity index is 2000. The topological polar surface area (TPSA) is 8.17 Å². The molecule has 0 saturated heterocycles. The van der Waals surface area contributed by atoms with Gasteiger partial charge in [-0.3, -0.25) is 0 Å². The SMILES string of the molecule is Cc1cc(N(c2ccccc2)c2ccc(C(C)C)cc2)ccc1-c1cccc2c1c1ccccc1n2-c1ccccc1. The highest BCUT2D eigenvalue weighted by Gasteiger charge is 2.18. The van der Waals surface area contributed by atoms with Gasteiger partial charge in [0.25, 0.3) is 0 Å². The molecule has 0 bridgehead atoms. The first-order valence-electron chi connectivity index (χ1n) is 14.7. The van der Waals surface area contributed by atoms with Crippen LogP contribution < -0.4 is 4.90 Å². The summed E-state index contributed by atoms with van der Waals surface area (Å²) in [4.78, 5) is 2.35. The van der Waals surface area contributed by atoms with Crippen LogP contribution in [0.15, 0.2) is 146 Å². The minimum Gasteiger partial charge on any atom is -0.310 e. The maximum absolute atomic E-state index is 2.38. The second-order valence-electron chi connectivity index (χ2n) is 11.3. The standard InChI is InChI=1S/C40H34N2/c1-28(2)30-21-23-33(24-22-30)41(31-13-6-4-7-14-31)34-25-26-35(29(3)27-34)36-18-12-20-39-40(36)37-17-10-11-19-38(37)42(39)32-15-8-5-9-16-32/h4-28H,1-3H3. The molecule has 0 spiro atoms. The van der Waals surface area contributed by atoms with E-state index in [1.165, 1.54) is 49.7 Å². The molecule has 0 aliphatic carbocycles. The van der Waals surface area contributed by atoms with E-state index in [0.717, 1.165) is 17.1 Å². The van der Waals surface area contributed by atoms with Crippen LogP contribution in [0.25, 0.3) is 38.6 Å². The summed E-state index contributed by atoms with van der Waals surface area (Å²) in [6, 6.07) is 52.6. The summed E-state index contributed by atoms with van der Waals surface area (Å²) in [5, 5.41) is 2.56. The van der Waals surface area contributed by atoms with Gasteiger partial charge in [0.15, 0.2) is 0 Å². The van der Waals surface area contributed by atoms with Crippen molar-refractivity contribution in [3.8, 4) is 16.8 Å². The van der Waals surface area contributed by atoms with Crippen LogP contribution in [0, 0.1) is 6.92 Å². The number of aryl methyl sites for hydroxylation is 1. The van der Waals surface area contributed by atoms with Crippen LogP contribution in [0.5, 0.6) is 0 Å². The number of aromatic nitrogens is 1. The number of benzene rings is 6. The molecule has 0 N–H and O–H groups in total. The van der Waals surface area contributed by atoms with Crippen molar-refractivity contribution >= 4 is 38.9 Å². The molecular formula is C40H34N2. The zero-order valence-corrected chi connectivity index (χ0v) is 24.3. The predicted octanol–water partition coefficient (Wildman–Crippen LogP) is 11.4. The molecule has 1 heterocycles. The lowest BCUT2D eigenvalue weighted by Crippen LogP contribution is -2.10. The van der Waals surface area contributed by atoms with Gasteiger partial charge in [-0.1, -0.05) is 98.8 Å². The second-order valence-corrected chi connectivity index (χ2v) is 11.3. The fourth-order valence-electron chi connectivity index (χ4n) is 6.22. The first kappa shape index (κ1) is 25.9. The third-order valence-electron chi connectivity index (χ3n) is 8.30. The number of hydrogen-bond donors (Lipinski definition) is 0. The number of anilines is 3. The van der Waals surface area contributed by atoms with Gasteiger partial charge >= 0.3 is 0 Å². The average Bonchev–Trinajstić information content (AvgIpc) is 3.37. The van der Waals surface area contributed by atoms with Crippen molar-refractivity contribution in [2.45, 2.75) is 26.7 Å². The lowest BCUT2D eigenvalue weighted by Gasteiger charge is -2.26. The van der Waals surface area contributed by atoms with E-state index in [0.29, 0.717) is 5.92 Å². The highest BCUT2D eigenvalue weighted by molar-refractivity contribution is 6.16. The maximum Gasteiger partial charge on any atom is 0.0547 e. The number of nitrogens with zero attached hydrogens (tertiary/aromatic N) is 2. The van der Waals surface area contributed by atoms with Gasteiger partial charge in [0.1, 0.15) is 0 Å². The van der Waals surface area contributed by atoms with Crippen LogP contribution in [-0.2, 0) is 0 Å². The quantitative estimate of drug-likeness (QED) is 0.203.